The van der Waals surface area contributed by atoms with Gasteiger partial charge in [-0.15, -0.1) is 5.10 Å². The van der Waals surface area contributed by atoms with E-state index in [2.05, 4.69) is 32.3 Å². The van der Waals surface area contributed by atoms with E-state index in [4.69, 9.17) is 4.74 Å². The van der Waals surface area contributed by atoms with Crippen molar-refractivity contribution in [1.29, 1.82) is 0 Å². The Bertz CT molecular complexity index is 1600. The van der Waals surface area contributed by atoms with Crippen LogP contribution in [0, 0.1) is 0 Å². The number of amides is 2. The van der Waals surface area contributed by atoms with E-state index in [1.165, 1.54) is 23.8 Å². The van der Waals surface area contributed by atoms with Crippen molar-refractivity contribution in [1.82, 2.24) is 29.8 Å². The number of anilines is 1. The Kier molecular flexibility index (Phi) is 6.46. The van der Waals surface area contributed by atoms with Gasteiger partial charge in [-0.25, -0.2) is 14.8 Å². The van der Waals surface area contributed by atoms with Gasteiger partial charge in [0.05, 0.1) is 24.7 Å². The Morgan fingerprint density at radius 1 is 1.21 bits per heavy atom. The van der Waals surface area contributed by atoms with Crippen molar-refractivity contribution in [3.63, 3.8) is 0 Å². The number of para-hydroxylation sites is 1. The number of aromatic nitrogens is 4. The number of nitrogens with one attached hydrogen (secondary N) is 2. The largest absolute Gasteiger partial charge is 0.497 e. The second-order valence-corrected chi connectivity index (χ2v) is 8.73. The summed E-state index contributed by atoms with van der Waals surface area (Å²) in [6.45, 7) is 3.17. The summed E-state index contributed by atoms with van der Waals surface area (Å²) in [7, 11) is 1.52. The zero-order valence-corrected chi connectivity index (χ0v) is 20.5. The van der Waals surface area contributed by atoms with Crippen LogP contribution < -0.4 is 15.4 Å². The summed E-state index contributed by atoms with van der Waals surface area (Å²) >= 11 is 0. The van der Waals surface area contributed by atoms with E-state index < -0.39 is 29.8 Å². The highest BCUT2D eigenvalue weighted by Crippen LogP contribution is 2.37. The molecule has 3 heterocycles. The average Bonchev–Trinajstić information content (AvgIpc) is 3.28. The number of hydrogen-bond donors (Lipinski definition) is 3. The molecule has 0 spiro atoms. The summed E-state index contributed by atoms with van der Waals surface area (Å²) in [5.41, 5.74) is -0.660. The van der Waals surface area contributed by atoms with Crippen LogP contribution >= 0.6 is 0 Å². The molecule has 2 aromatic heterocycles. The molecule has 14 heteroatoms. The monoisotopic (exact) mass is 541 g/mol. The quantitative estimate of drug-likeness (QED) is 0.350. The third kappa shape index (κ3) is 4.87. The number of fused-ring (bicyclic) bond motifs is 3. The van der Waals surface area contributed by atoms with Crippen LogP contribution in [0.2, 0.25) is 0 Å². The van der Waals surface area contributed by atoms with Crippen LogP contribution in [-0.2, 0) is 4.79 Å². The summed E-state index contributed by atoms with van der Waals surface area (Å²) in [5, 5.41) is 19.8. The van der Waals surface area contributed by atoms with Crippen molar-refractivity contribution in [2.24, 2.45) is 0 Å². The highest BCUT2D eigenvalue weighted by molar-refractivity contribution is 6.00. The van der Waals surface area contributed by atoms with Crippen LogP contribution in [0.4, 0.5) is 23.9 Å². The number of carbonyl (C=O) groups excluding carboxylic acids is 1. The smallest absolute Gasteiger partial charge is 0.416 e. The summed E-state index contributed by atoms with van der Waals surface area (Å²) in [4.78, 5) is 34.4. The Labute approximate surface area is 218 Å². The Morgan fingerprint density at radius 3 is 2.62 bits per heavy atom. The van der Waals surface area contributed by atoms with Crippen molar-refractivity contribution in [2.75, 3.05) is 32.1 Å². The molecule has 1 atom stereocenters. The first kappa shape index (κ1) is 25.8. The maximum atomic E-state index is 13.7. The minimum Gasteiger partial charge on any atom is -0.497 e. The highest BCUT2D eigenvalue weighted by atomic mass is 19.4. The molecular formula is C25H22F3N7O4. The third-order valence-corrected chi connectivity index (χ3v) is 6.29. The fraction of sp³-hybridized carbons (Fsp3) is 0.240. The number of benzene rings is 2. The fourth-order valence-corrected chi connectivity index (χ4v) is 4.26. The van der Waals surface area contributed by atoms with Gasteiger partial charge in [-0.05, 0) is 30.3 Å². The zero-order chi connectivity index (χ0) is 27.9. The number of methoxy groups -OCH3 is 1. The lowest BCUT2D eigenvalue weighted by atomic mass is 10.0. The van der Waals surface area contributed by atoms with E-state index in [1.807, 2.05) is 0 Å². The minimum atomic E-state index is -4.72. The van der Waals surface area contributed by atoms with Crippen molar-refractivity contribution >= 4 is 40.1 Å². The molecular weight excluding hydrogens is 519 g/mol. The number of rotatable bonds is 5. The Balaban J connectivity index is 1.70. The van der Waals surface area contributed by atoms with Crippen LogP contribution in [0.25, 0.3) is 33.5 Å². The summed E-state index contributed by atoms with van der Waals surface area (Å²) in [6, 6.07) is 9.99. The average molecular weight is 541 g/mol. The molecule has 1 aliphatic heterocycles. The number of nitrogens with zero attached hydrogens (tertiary/aromatic N) is 5. The van der Waals surface area contributed by atoms with Gasteiger partial charge in [0.25, 0.3) is 0 Å². The van der Waals surface area contributed by atoms with E-state index in [0.717, 1.165) is 4.90 Å². The maximum Gasteiger partial charge on any atom is 0.416 e. The SMILES string of the molecule is C=C(c1cccc2c1nc(N[C@@H]1CN(C(=O)O)CCNC1=O)n1nc(-c3ccc(OC)cc3)nc21)C(F)(F)F. The number of halogens is 3. The van der Waals surface area contributed by atoms with E-state index >= 15 is 0 Å². The molecule has 39 heavy (non-hydrogen) atoms. The second kappa shape index (κ2) is 9.78. The normalized spacial score (nSPS) is 16.2. The first-order valence-electron chi connectivity index (χ1n) is 11.7. The van der Waals surface area contributed by atoms with Crippen molar-refractivity contribution in [3.8, 4) is 17.1 Å². The van der Waals surface area contributed by atoms with Gasteiger partial charge >= 0.3 is 12.3 Å². The Hall–Kier alpha value is -4.88. The number of carboxylic acid groups (broad SMARTS) is 1. The summed E-state index contributed by atoms with van der Waals surface area (Å²) in [5.74, 6) is 0.249. The van der Waals surface area contributed by atoms with Gasteiger partial charge in [0, 0.05) is 29.6 Å². The van der Waals surface area contributed by atoms with Crippen molar-refractivity contribution in [3.05, 3.63) is 54.6 Å². The molecule has 1 saturated heterocycles. The lowest BCUT2D eigenvalue weighted by Gasteiger charge is -2.21. The Morgan fingerprint density at radius 2 is 1.95 bits per heavy atom. The predicted octanol–water partition coefficient (Wildman–Crippen LogP) is 3.42. The molecule has 5 rings (SSSR count). The topological polar surface area (TPSA) is 134 Å². The molecule has 0 radical (unpaired) electrons. The first-order chi connectivity index (χ1) is 18.6. The number of allylic oxidation sites excluding steroid dienone is 1. The van der Waals surface area contributed by atoms with Crippen LogP contribution in [0.3, 0.4) is 0 Å². The van der Waals surface area contributed by atoms with E-state index in [9.17, 15) is 27.9 Å². The number of alkyl halides is 3. The molecule has 0 unspecified atom stereocenters. The predicted molar refractivity (Wildman–Crippen MR) is 135 cm³/mol. The lowest BCUT2D eigenvalue weighted by molar-refractivity contribution is -0.121. The van der Waals surface area contributed by atoms with Gasteiger partial charge in [-0.3, -0.25) is 4.79 Å². The molecule has 4 aromatic rings. The molecule has 1 aliphatic rings. The summed E-state index contributed by atoms with van der Waals surface area (Å²) in [6.07, 6.45) is -5.94. The van der Waals surface area contributed by atoms with Crippen LogP contribution in [0.15, 0.2) is 49.0 Å². The van der Waals surface area contributed by atoms with Gasteiger partial charge in [0.1, 0.15) is 11.8 Å². The maximum absolute atomic E-state index is 13.7. The van der Waals surface area contributed by atoms with E-state index in [0.29, 0.717) is 11.3 Å². The van der Waals surface area contributed by atoms with Crippen LogP contribution in [0.1, 0.15) is 5.56 Å². The van der Waals surface area contributed by atoms with Gasteiger partial charge < -0.3 is 25.4 Å². The third-order valence-electron chi connectivity index (χ3n) is 6.29. The van der Waals surface area contributed by atoms with Crippen molar-refractivity contribution in [2.45, 2.75) is 12.2 Å². The number of carbonyl (C=O) groups is 2. The molecule has 3 N–H and O–H groups in total. The molecule has 2 aromatic carbocycles. The first-order valence-corrected chi connectivity index (χ1v) is 11.7. The molecule has 0 aliphatic carbocycles. The lowest BCUT2D eigenvalue weighted by Crippen LogP contribution is -2.44. The number of ether oxygens (including phenoxy) is 1. The highest BCUT2D eigenvalue weighted by Gasteiger charge is 2.35. The zero-order valence-electron chi connectivity index (χ0n) is 20.5. The number of hydrogen-bond acceptors (Lipinski definition) is 7. The summed E-state index contributed by atoms with van der Waals surface area (Å²) < 4.78 is 47.4. The van der Waals surface area contributed by atoms with Gasteiger partial charge in [0.2, 0.25) is 11.9 Å². The fourth-order valence-electron chi connectivity index (χ4n) is 4.26. The van der Waals surface area contributed by atoms with Gasteiger partial charge in [0.15, 0.2) is 11.5 Å². The van der Waals surface area contributed by atoms with Gasteiger partial charge in [-0.2, -0.15) is 17.7 Å². The molecule has 11 nitrogen and oxygen atoms in total. The van der Waals surface area contributed by atoms with Crippen molar-refractivity contribution < 1.29 is 32.6 Å². The van der Waals surface area contributed by atoms with Gasteiger partial charge in [-0.1, -0.05) is 18.7 Å². The standard InChI is InChI=1S/C25H22F3N7O4/c1-13(25(26,27)28)16-4-3-5-17-19(16)31-23(30-18-12-34(24(37)38)11-10-29-22(18)36)35-21(17)32-20(33-35)14-6-8-15(39-2)9-7-14/h3-9,18H,1,10-12H2,2H3,(H,29,36)(H,30,31)(H,37,38)/t18-/m1/s1. The van der Waals surface area contributed by atoms with E-state index in [-0.39, 0.29) is 53.5 Å². The molecule has 2 amide bonds. The van der Waals surface area contributed by atoms with Crippen LogP contribution in [0.5, 0.6) is 5.75 Å². The molecule has 0 saturated carbocycles. The van der Waals surface area contributed by atoms with Crippen LogP contribution in [-0.4, -0.2) is 80.6 Å². The second-order valence-electron chi connectivity index (χ2n) is 8.73. The molecule has 0 bridgehead atoms. The molecule has 202 valence electrons. The molecule has 1 fully saturated rings. The van der Waals surface area contributed by atoms with E-state index in [1.54, 1.807) is 30.3 Å². The minimum absolute atomic E-state index is 0.0624.